The number of aromatic nitrogens is 1. The lowest BCUT2D eigenvalue weighted by atomic mass is 10.1. The molecule has 0 aliphatic rings. The van der Waals surface area contributed by atoms with E-state index in [4.69, 9.17) is 28.9 Å². The Bertz CT molecular complexity index is 1050. The van der Waals surface area contributed by atoms with Gasteiger partial charge < -0.3 is 11.1 Å². The zero-order valence-electron chi connectivity index (χ0n) is 13.7. The van der Waals surface area contributed by atoms with Crippen molar-refractivity contribution in [2.45, 2.75) is 13.1 Å². The third kappa shape index (κ3) is 3.69. The van der Waals surface area contributed by atoms with Gasteiger partial charge in [0.1, 0.15) is 9.71 Å². The Morgan fingerprint density at radius 3 is 2.59 bits per heavy atom. The number of thiophene rings is 1. The van der Waals surface area contributed by atoms with Crippen molar-refractivity contribution in [2.24, 2.45) is 0 Å². The monoisotopic (exact) mass is 433 g/mol. The molecule has 0 bridgehead atoms. The molecule has 1 amide bonds. The molecule has 4 nitrogen and oxygen atoms in total. The van der Waals surface area contributed by atoms with Crippen LogP contribution < -0.4 is 11.1 Å². The number of fused-ring (bicyclic) bond motifs is 1. The topological polar surface area (TPSA) is 68.0 Å². The van der Waals surface area contributed by atoms with Gasteiger partial charge in [-0.25, -0.2) is 4.98 Å². The highest BCUT2D eigenvalue weighted by Gasteiger charge is 2.36. The van der Waals surface area contributed by atoms with Crippen molar-refractivity contribution < 1.29 is 18.0 Å². The normalized spacial score (nSPS) is 11.8. The fraction of sp³-hybridized carbons (Fsp3) is 0.176. The summed E-state index contributed by atoms with van der Waals surface area (Å²) in [6.07, 6.45) is -4.69. The molecule has 3 aromatic rings. The first-order valence-corrected chi connectivity index (χ1v) is 9.24. The van der Waals surface area contributed by atoms with Crippen LogP contribution in [0.3, 0.4) is 0 Å². The fourth-order valence-corrected chi connectivity index (χ4v) is 4.13. The van der Waals surface area contributed by atoms with Crippen molar-refractivity contribution in [3.63, 3.8) is 0 Å². The number of halogens is 5. The van der Waals surface area contributed by atoms with Gasteiger partial charge in [-0.2, -0.15) is 13.2 Å². The Hall–Kier alpha value is -2.03. The minimum atomic E-state index is -4.69. The molecule has 0 saturated heterocycles. The number of nitrogens with zero attached hydrogens (tertiary/aromatic N) is 1. The fourth-order valence-electron chi connectivity index (χ4n) is 2.59. The van der Waals surface area contributed by atoms with Gasteiger partial charge in [-0.1, -0.05) is 23.2 Å². The van der Waals surface area contributed by atoms with Crippen LogP contribution in [0, 0.1) is 0 Å². The summed E-state index contributed by atoms with van der Waals surface area (Å²) in [5.74, 6) is -0.544. The zero-order chi connectivity index (χ0) is 19.9. The Labute approximate surface area is 166 Å². The van der Waals surface area contributed by atoms with E-state index < -0.39 is 17.6 Å². The van der Waals surface area contributed by atoms with Crippen LogP contribution in [0.2, 0.25) is 10.0 Å². The number of anilines is 1. The Morgan fingerprint density at radius 2 is 2.00 bits per heavy atom. The van der Waals surface area contributed by atoms with Gasteiger partial charge >= 0.3 is 6.18 Å². The van der Waals surface area contributed by atoms with Crippen molar-refractivity contribution >= 4 is 56.3 Å². The molecule has 0 spiro atoms. The smallest absolute Gasteiger partial charge is 0.397 e. The number of nitrogens with two attached hydrogens (primary N) is 1. The van der Waals surface area contributed by atoms with Crippen molar-refractivity contribution in [2.75, 3.05) is 12.3 Å². The molecule has 27 heavy (non-hydrogen) atoms. The third-order valence-corrected chi connectivity index (χ3v) is 5.40. The van der Waals surface area contributed by atoms with Gasteiger partial charge in [0, 0.05) is 22.5 Å². The van der Waals surface area contributed by atoms with Crippen LogP contribution in [0.25, 0.3) is 21.5 Å². The van der Waals surface area contributed by atoms with Gasteiger partial charge in [-0.3, -0.25) is 4.79 Å². The second-order valence-corrected chi connectivity index (χ2v) is 7.40. The van der Waals surface area contributed by atoms with E-state index in [0.717, 1.165) is 17.4 Å². The van der Waals surface area contributed by atoms with Gasteiger partial charge in [-0.15, -0.1) is 11.3 Å². The lowest BCUT2D eigenvalue weighted by Crippen LogP contribution is -2.22. The molecule has 0 aliphatic heterocycles. The summed E-state index contributed by atoms with van der Waals surface area (Å²) in [7, 11) is 0. The maximum atomic E-state index is 13.7. The summed E-state index contributed by atoms with van der Waals surface area (Å²) in [6.45, 7) is 2.01. The summed E-state index contributed by atoms with van der Waals surface area (Å²) in [5.41, 5.74) is 4.96. The summed E-state index contributed by atoms with van der Waals surface area (Å²) < 4.78 is 41.0. The quantitative estimate of drug-likeness (QED) is 0.562. The third-order valence-electron chi connectivity index (χ3n) is 3.76. The van der Waals surface area contributed by atoms with Gasteiger partial charge in [-0.05, 0) is 31.2 Å². The van der Waals surface area contributed by atoms with E-state index in [9.17, 15) is 18.0 Å². The molecule has 0 fully saturated rings. The number of hydrogen-bond acceptors (Lipinski definition) is 4. The highest BCUT2D eigenvalue weighted by Crippen LogP contribution is 2.44. The lowest BCUT2D eigenvalue weighted by molar-refractivity contribution is -0.136. The number of rotatable bonds is 3. The summed E-state index contributed by atoms with van der Waals surface area (Å²) in [5, 5.41) is 2.75. The Morgan fingerprint density at radius 1 is 1.30 bits per heavy atom. The van der Waals surface area contributed by atoms with Gasteiger partial charge in [0.25, 0.3) is 5.91 Å². The van der Waals surface area contributed by atoms with Crippen LogP contribution in [0.1, 0.15) is 22.2 Å². The SMILES string of the molecule is CCNC(=O)c1sc2nc(-c3ccc(Cl)cc3Cl)cc(C(F)(F)F)c2c1N. The molecular formula is C17H12Cl2F3N3OS. The number of benzene rings is 1. The van der Waals surface area contributed by atoms with E-state index in [-0.39, 0.29) is 31.5 Å². The van der Waals surface area contributed by atoms with Crippen LogP contribution >= 0.6 is 34.5 Å². The lowest BCUT2D eigenvalue weighted by Gasteiger charge is -2.12. The van der Waals surface area contributed by atoms with Gasteiger partial charge in [0.15, 0.2) is 0 Å². The van der Waals surface area contributed by atoms with E-state index >= 15 is 0 Å². The molecule has 0 aliphatic carbocycles. The molecule has 1 aromatic carbocycles. The van der Waals surface area contributed by atoms with Gasteiger partial charge in [0.05, 0.1) is 22.0 Å². The number of amides is 1. The molecule has 142 valence electrons. The minimum Gasteiger partial charge on any atom is -0.397 e. The van der Waals surface area contributed by atoms with E-state index in [2.05, 4.69) is 10.3 Å². The number of nitrogen functional groups attached to an aromatic ring is 1. The first-order valence-electron chi connectivity index (χ1n) is 7.67. The predicted molar refractivity (Wildman–Crippen MR) is 102 cm³/mol. The highest BCUT2D eigenvalue weighted by molar-refractivity contribution is 7.21. The first-order chi connectivity index (χ1) is 12.6. The maximum absolute atomic E-state index is 13.7. The molecule has 0 unspecified atom stereocenters. The average Bonchev–Trinajstić information content (AvgIpc) is 2.90. The molecule has 10 heteroatoms. The molecule has 3 N–H and O–H groups in total. The largest absolute Gasteiger partial charge is 0.417 e. The van der Waals surface area contributed by atoms with Gasteiger partial charge in [0.2, 0.25) is 0 Å². The number of alkyl halides is 3. The Kier molecular flexibility index (Phi) is 5.24. The Balaban J connectivity index is 2.31. The number of hydrogen-bond donors (Lipinski definition) is 2. The zero-order valence-corrected chi connectivity index (χ0v) is 16.1. The van der Waals surface area contributed by atoms with E-state index in [0.29, 0.717) is 17.1 Å². The number of carbonyl (C=O) groups excluding carboxylic acids is 1. The van der Waals surface area contributed by atoms with Crippen LogP contribution in [0.4, 0.5) is 18.9 Å². The number of pyridine rings is 1. The molecule has 0 atom stereocenters. The second-order valence-electron chi connectivity index (χ2n) is 5.56. The van der Waals surface area contributed by atoms with Crippen molar-refractivity contribution in [3.8, 4) is 11.3 Å². The number of carbonyl (C=O) groups is 1. The molecular weight excluding hydrogens is 422 g/mol. The van der Waals surface area contributed by atoms with Crippen LogP contribution in [-0.2, 0) is 6.18 Å². The molecule has 2 aromatic heterocycles. The van der Waals surface area contributed by atoms with Crippen LogP contribution in [0.15, 0.2) is 24.3 Å². The maximum Gasteiger partial charge on any atom is 0.417 e. The molecule has 0 saturated carbocycles. The van der Waals surface area contributed by atoms with E-state index in [1.54, 1.807) is 6.92 Å². The minimum absolute atomic E-state index is 0.00425. The first kappa shape index (κ1) is 19.7. The van der Waals surface area contributed by atoms with Crippen molar-refractivity contribution in [1.29, 1.82) is 0 Å². The van der Waals surface area contributed by atoms with E-state index in [1.165, 1.54) is 18.2 Å². The standard InChI is InChI=1S/C17H12Cl2F3N3OS/c1-2-24-15(26)14-13(23)12-9(17(20,21)22)6-11(25-16(12)27-14)8-4-3-7(18)5-10(8)19/h3-6H,2,23H2,1H3,(H,24,26). The van der Waals surface area contributed by atoms with Crippen LogP contribution in [-0.4, -0.2) is 17.4 Å². The number of nitrogens with one attached hydrogen (secondary N) is 1. The summed E-state index contributed by atoms with van der Waals surface area (Å²) in [4.78, 5) is 16.4. The van der Waals surface area contributed by atoms with E-state index in [1.807, 2.05) is 0 Å². The molecule has 3 rings (SSSR count). The van der Waals surface area contributed by atoms with Crippen molar-refractivity contribution in [3.05, 3.63) is 44.8 Å². The molecule has 0 radical (unpaired) electrons. The van der Waals surface area contributed by atoms with Crippen LogP contribution in [0.5, 0.6) is 0 Å². The summed E-state index contributed by atoms with van der Waals surface area (Å²) in [6, 6.07) is 5.29. The predicted octanol–water partition coefficient (Wildman–Crippen LogP) is 5.62. The summed E-state index contributed by atoms with van der Waals surface area (Å²) >= 11 is 12.8. The van der Waals surface area contributed by atoms with Crippen molar-refractivity contribution in [1.82, 2.24) is 10.3 Å². The average molecular weight is 434 g/mol. The molecule has 2 heterocycles. The highest BCUT2D eigenvalue weighted by atomic mass is 35.5. The second kappa shape index (κ2) is 7.18.